The van der Waals surface area contributed by atoms with Crippen LogP contribution in [0.4, 0.5) is 0 Å². The Morgan fingerprint density at radius 2 is 1.91 bits per heavy atom. The Morgan fingerprint density at radius 1 is 1.23 bits per heavy atom. The summed E-state index contributed by atoms with van der Waals surface area (Å²) in [7, 11) is 0. The summed E-state index contributed by atoms with van der Waals surface area (Å²) >= 11 is 0. The van der Waals surface area contributed by atoms with Crippen molar-refractivity contribution in [1.29, 1.82) is 0 Å². The highest BCUT2D eigenvalue weighted by Crippen LogP contribution is 2.22. The van der Waals surface area contributed by atoms with E-state index in [1.54, 1.807) is 0 Å². The topological polar surface area (TPSA) is 125 Å². The highest BCUT2D eigenvalue weighted by molar-refractivity contribution is 5.73. The van der Waals surface area contributed by atoms with E-state index in [1.165, 1.54) is 6.92 Å². The van der Waals surface area contributed by atoms with Crippen LogP contribution >= 0.6 is 0 Å². The summed E-state index contributed by atoms with van der Waals surface area (Å²) in [4.78, 5) is 23.0. The first-order valence-electron chi connectivity index (χ1n) is 7.49. The van der Waals surface area contributed by atoms with E-state index >= 15 is 0 Å². The van der Waals surface area contributed by atoms with Gasteiger partial charge in [0.1, 0.15) is 24.4 Å². The molecule has 0 aromatic rings. The molecule has 0 aromatic heterocycles. The number of carbonyl (C=O) groups is 2. The number of esters is 1. The van der Waals surface area contributed by atoms with E-state index in [4.69, 9.17) is 14.6 Å². The zero-order chi connectivity index (χ0) is 16.7. The molecule has 4 N–H and O–H groups in total. The molecule has 3 unspecified atom stereocenters. The molecule has 1 amide bonds. The van der Waals surface area contributed by atoms with Crippen molar-refractivity contribution >= 4 is 11.9 Å². The lowest BCUT2D eigenvalue weighted by molar-refractivity contribution is -0.263. The standard InChI is InChI=1S/C14H25NO7/c1-3-4-5-6-10(18)22-14-11(15-8(2)17)13(20)12(19)9(7-16)21-14/h9,11-14,16,19-20H,3-7H2,1-2H3,(H,15,17)/t9?,11?,12-,13?,14+/m1/s1. The summed E-state index contributed by atoms with van der Waals surface area (Å²) in [5, 5.41) is 31.4. The molecule has 1 saturated heterocycles. The Balaban J connectivity index is 2.72. The van der Waals surface area contributed by atoms with E-state index < -0.39 is 49.1 Å². The quantitative estimate of drug-likeness (QED) is 0.352. The van der Waals surface area contributed by atoms with Crippen LogP contribution in [0.25, 0.3) is 0 Å². The number of nitrogens with one attached hydrogen (secondary N) is 1. The predicted molar refractivity (Wildman–Crippen MR) is 75.6 cm³/mol. The van der Waals surface area contributed by atoms with E-state index in [2.05, 4.69) is 5.32 Å². The van der Waals surface area contributed by atoms with Gasteiger partial charge in [-0.2, -0.15) is 0 Å². The maximum atomic E-state index is 11.8. The smallest absolute Gasteiger partial charge is 0.308 e. The third-order valence-corrected chi connectivity index (χ3v) is 3.48. The molecule has 1 fully saturated rings. The number of rotatable bonds is 7. The number of aliphatic hydroxyl groups is 3. The van der Waals surface area contributed by atoms with Crippen molar-refractivity contribution in [3.8, 4) is 0 Å². The average molecular weight is 319 g/mol. The predicted octanol–water partition coefficient (Wildman–Crippen LogP) is -0.946. The van der Waals surface area contributed by atoms with Gasteiger partial charge in [0.05, 0.1) is 6.61 Å². The molecule has 22 heavy (non-hydrogen) atoms. The average Bonchev–Trinajstić information content (AvgIpc) is 2.46. The zero-order valence-corrected chi connectivity index (χ0v) is 12.9. The van der Waals surface area contributed by atoms with E-state index in [1.807, 2.05) is 6.92 Å². The van der Waals surface area contributed by atoms with E-state index in [-0.39, 0.29) is 6.42 Å². The van der Waals surface area contributed by atoms with Gasteiger partial charge < -0.3 is 30.1 Å². The summed E-state index contributed by atoms with van der Waals surface area (Å²) < 4.78 is 10.4. The Kier molecular flexibility index (Phi) is 7.74. The van der Waals surface area contributed by atoms with Crippen LogP contribution in [0.5, 0.6) is 0 Å². The van der Waals surface area contributed by atoms with Crippen molar-refractivity contribution in [3.63, 3.8) is 0 Å². The third kappa shape index (κ3) is 5.20. The number of hydrogen-bond acceptors (Lipinski definition) is 7. The number of carbonyl (C=O) groups excluding carboxylic acids is 2. The van der Waals surface area contributed by atoms with Gasteiger partial charge in [0.25, 0.3) is 0 Å². The van der Waals surface area contributed by atoms with E-state index in [9.17, 15) is 19.8 Å². The SMILES string of the molecule is CCCCCC(=O)O[C@@H]1OC(CO)[C@@H](O)C(O)C1NC(C)=O. The molecule has 1 heterocycles. The van der Waals surface area contributed by atoms with Crippen molar-refractivity contribution in [3.05, 3.63) is 0 Å². The Bertz CT molecular complexity index is 376. The van der Waals surface area contributed by atoms with Gasteiger partial charge >= 0.3 is 5.97 Å². The molecule has 8 heteroatoms. The van der Waals surface area contributed by atoms with E-state index in [0.29, 0.717) is 6.42 Å². The number of hydrogen-bond donors (Lipinski definition) is 4. The molecular formula is C14H25NO7. The molecule has 0 bridgehead atoms. The highest BCUT2D eigenvalue weighted by Gasteiger charge is 2.46. The van der Waals surface area contributed by atoms with Crippen molar-refractivity contribution < 1.29 is 34.4 Å². The van der Waals surface area contributed by atoms with Crippen molar-refractivity contribution in [2.75, 3.05) is 6.61 Å². The molecule has 0 spiro atoms. The minimum Gasteiger partial charge on any atom is -0.433 e. The van der Waals surface area contributed by atoms with Crippen LogP contribution in [0.3, 0.4) is 0 Å². The van der Waals surface area contributed by atoms with Crippen molar-refractivity contribution in [1.82, 2.24) is 5.32 Å². The minimum atomic E-state index is -1.41. The number of aliphatic hydroxyl groups excluding tert-OH is 3. The maximum absolute atomic E-state index is 11.8. The molecule has 1 aliphatic rings. The summed E-state index contributed by atoms with van der Waals surface area (Å²) in [6, 6.07) is -1.09. The summed E-state index contributed by atoms with van der Waals surface area (Å²) in [5.74, 6) is -0.983. The van der Waals surface area contributed by atoms with Gasteiger partial charge in [-0.15, -0.1) is 0 Å². The highest BCUT2D eigenvalue weighted by atomic mass is 16.7. The van der Waals surface area contributed by atoms with Crippen LogP contribution in [0.15, 0.2) is 0 Å². The first kappa shape index (κ1) is 18.8. The Morgan fingerprint density at radius 3 is 2.45 bits per heavy atom. The molecular weight excluding hydrogens is 294 g/mol. The summed E-state index contributed by atoms with van der Waals surface area (Å²) in [6.45, 7) is 2.69. The first-order chi connectivity index (χ1) is 10.4. The largest absolute Gasteiger partial charge is 0.433 e. The summed E-state index contributed by atoms with van der Waals surface area (Å²) in [6.07, 6.45) is -2.44. The maximum Gasteiger partial charge on any atom is 0.308 e. The molecule has 0 aromatic carbocycles. The second-order valence-electron chi connectivity index (χ2n) is 5.38. The van der Waals surface area contributed by atoms with Crippen molar-refractivity contribution in [2.45, 2.75) is 70.2 Å². The fourth-order valence-corrected chi connectivity index (χ4v) is 2.28. The van der Waals surface area contributed by atoms with Gasteiger partial charge in [-0.05, 0) is 6.42 Å². The monoisotopic (exact) mass is 319 g/mol. The molecule has 8 nitrogen and oxygen atoms in total. The van der Waals surface area contributed by atoms with Crippen LogP contribution < -0.4 is 5.32 Å². The van der Waals surface area contributed by atoms with Crippen LogP contribution in [0, 0.1) is 0 Å². The Hall–Kier alpha value is -1.22. The van der Waals surface area contributed by atoms with Gasteiger partial charge in [-0.1, -0.05) is 19.8 Å². The first-order valence-corrected chi connectivity index (χ1v) is 7.49. The fraction of sp³-hybridized carbons (Fsp3) is 0.857. The lowest BCUT2D eigenvalue weighted by Crippen LogP contribution is -2.64. The van der Waals surface area contributed by atoms with E-state index in [0.717, 1.165) is 12.8 Å². The molecule has 5 atom stereocenters. The molecule has 1 rings (SSSR count). The number of unbranched alkanes of at least 4 members (excludes halogenated alkanes) is 2. The van der Waals surface area contributed by atoms with Gasteiger partial charge in [-0.3, -0.25) is 9.59 Å². The number of ether oxygens (including phenoxy) is 2. The number of amides is 1. The van der Waals surface area contributed by atoms with Gasteiger partial charge in [-0.25, -0.2) is 0 Å². The van der Waals surface area contributed by atoms with Crippen LogP contribution in [0.1, 0.15) is 39.5 Å². The van der Waals surface area contributed by atoms with Crippen LogP contribution in [-0.4, -0.2) is 64.4 Å². The summed E-state index contributed by atoms with van der Waals surface area (Å²) in [5.41, 5.74) is 0. The molecule has 128 valence electrons. The van der Waals surface area contributed by atoms with Crippen LogP contribution in [0.2, 0.25) is 0 Å². The minimum absolute atomic E-state index is 0.197. The molecule has 0 radical (unpaired) electrons. The van der Waals surface area contributed by atoms with Crippen molar-refractivity contribution in [2.24, 2.45) is 0 Å². The zero-order valence-electron chi connectivity index (χ0n) is 12.9. The molecule has 0 saturated carbocycles. The molecule has 1 aliphatic heterocycles. The molecule has 0 aliphatic carbocycles. The van der Waals surface area contributed by atoms with Gasteiger partial charge in [0.15, 0.2) is 0 Å². The lowest BCUT2D eigenvalue weighted by atomic mass is 9.97. The third-order valence-electron chi connectivity index (χ3n) is 3.48. The van der Waals surface area contributed by atoms with Gasteiger partial charge in [0.2, 0.25) is 12.2 Å². The fourth-order valence-electron chi connectivity index (χ4n) is 2.28. The van der Waals surface area contributed by atoms with Crippen LogP contribution in [-0.2, 0) is 19.1 Å². The lowest BCUT2D eigenvalue weighted by Gasteiger charge is -2.41. The second-order valence-corrected chi connectivity index (χ2v) is 5.38. The normalized spacial score (nSPS) is 31.6. The van der Waals surface area contributed by atoms with Gasteiger partial charge in [0, 0.05) is 13.3 Å². The Labute approximate surface area is 129 Å². The second kappa shape index (κ2) is 9.04.